The second kappa shape index (κ2) is 8.52. The first-order valence-electron chi connectivity index (χ1n) is 10.4. The number of carbonyl (C=O) groups excluding carboxylic acids is 2. The van der Waals surface area contributed by atoms with Crippen molar-refractivity contribution in [2.24, 2.45) is 0 Å². The Kier molecular flexibility index (Phi) is 5.65. The van der Waals surface area contributed by atoms with Crippen molar-refractivity contribution in [3.8, 4) is 0 Å². The number of rotatable bonds is 5. The molecule has 150 valence electrons. The van der Waals surface area contributed by atoms with Crippen LogP contribution in [0.1, 0.15) is 48.1 Å². The van der Waals surface area contributed by atoms with Gasteiger partial charge in [0.05, 0.1) is 6.04 Å². The highest BCUT2D eigenvalue weighted by atomic mass is 16.2. The number of nitrogens with one attached hydrogen (secondary N) is 3. The Balaban J connectivity index is 1.29. The molecule has 1 aromatic heterocycles. The first kappa shape index (κ1) is 19.2. The van der Waals surface area contributed by atoms with Crippen LogP contribution in [0.2, 0.25) is 0 Å². The van der Waals surface area contributed by atoms with Crippen LogP contribution in [0.3, 0.4) is 0 Å². The van der Waals surface area contributed by atoms with Crippen LogP contribution in [0.5, 0.6) is 0 Å². The lowest BCUT2D eigenvalue weighted by Gasteiger charge is -2.20. The molecule has 0 fully saturated rings. The molecule has 4 rings (SSSR count). The number of aromatic amines is 1. The SMILES string of the molecule is CC(NC(=O)C(=O)NCCc1c[nH]c2ccccc12)c1ccc2c(c1)CCCC2. The molecular formula is C24H27N3O2. The van der Waals surface area contributed by atoms with Gasteiger partial charge >= 0.3 is 11.8 Å². The van der Waals surface area contributed by atoms with Gasteiger partial charge in [-0.25, -0.2) is 0 Å². The van der Waals surface area contributed by atoms with E-state index in [1.807, 2.05) is 31.3 Å². The van der Waals surface area contributed by atoms with Crippen LogP contribution in [0.25, 0.3) is 10.9 Å². The third-order valence-corrected chi connectivity index (χ3v) is 5.78. The van der Waals surface area contributed by atoms with Gasteiger partial charge in [-0.05, 0) is 67.3 Å². The summed E-state index contributed by atoms with van der Waals surface area (Å²) < 4.78 is 0. The highest BCUT2D eigenvalue weighted by Crippen LogP contribution is 2.24. The first-order chi connectivity index (χ1) is 14.1. The number of amides is 2. The number of hydrogen-bond acceptors (Lipinski definition) is 2. The maximum Gasteiger partial charge on any atom is 0.309 e. The van der Waals surface area contributed by atoms with Crippen LogP contribution in [0.4, 0.5) is 0 Å². The summed E-state index contributed by atoms with van der Waals surface area (Å²) >= 11 is 0. The van der Waals surface area contributed by atoms with Crippen LogP contribution in [-0.2, 0) is 28.9 Å². The molecule has 3 aromatic rings. The Hall–Kier alpha value is -3.08. The minimum Gasteiger partial charge on any atom is -0.361 e. The van der Waals surface area contributed by atoms with Gasteiger partial charge in [0.1, 0.15) is 0 Å². The van der Waals surface area contributed by atoms with E-state index in [0.717, 1.165) is 34.9 Å². The molecule has 3 N–H and O–H groups in total. The van der Waals surface area contributed by atoms with Gasteiger partial charge in [-0.3, -0.25) is 9.59 Å². The van der Waals surface area contributed by atoms with Gasteiger partial charge in [0.15, 0.2) is 0 Å². The lowest BCUT2D eigenvalue weighted by Crippen LogP contribution is -2.41. The quantitative estimate of drug-likeness (QED) is 0.584. The Bertz CT molecular complexity index is 1040. The van der Waals surface area contributed by atoms with Crippen molar-refractivity contribution in [3.63, 3.8) is 0 Å². The maximum atomic E-state index is 12.3. The highest BCUT2D eigenvalue weighted by molar-refractivity contribution is 6.35. The zero-order valence-corrected chi connectivity index (χ0v) is 16.8. The number of aromatic nitrogens is 1. The van der Waals surface area contributed by atoms with E-state index in [0.29, 0.717) is 13.0 Å². The summed E-state index contributed by atoms with van der Waals surface area (Å²) in [6, 6.07) is 14.2. The summed E-state index contributed by atoms with van der Waals surface area (Å²) in [5.74, 6) is -1.18. The summed E-state index contributed by atoms with van der Waals surface area (Å²) in [6.07, 6.45) is 7.32. The number of carbonyl (C=O) groups is 2. The second-order valence-electron chi connectivity index (χ2n) is 7.80. The zero-order valence-electron chi connectivity index (χ0n) is 16.8. The molecule has 5 heteroatoms. The summed E-state index contributed by atoms with van der Waals surface area (Å²) in [4.78, 5) is 27.7. The highest BCUT2D eigenvalue weighted by Gasteiger charge is 2.18. The summed E-state index contributed by atoms with van der Waals surface area (Å²) in [6.45, 7) is 2.34. The molecule has 1 unspecified atom stereocenters. The van der Waals surface area contributed by atoms with Crippen LogP contribution in [0, 0.1) is 0 Å². The number of benzene rings is 2. The molecule has 1 aliphatic rings. The minimum absolute atomic E-state index is 0.200. The Morgan fingerprint density at radius 2 is 1.83 bits per heavy atom. The van der Waals surface area contributed by atoms with Crippen molar-refractivity contribution in [1.82, 2.24) is 15.6 Å². The Morgan fingerprint density at radius 3 is 2.69 bits per heavy atom. The van der Waals surface area contributed by atoms with Crippen LogP contribution < -0.4 is 10.6 Å². The van der Waals surface area contributed by atoms with E-state index in [4.69, 9.17) is 0 Å². The second-order valence-corrected chi connectivity index (χ2v) is 7.80. The summed E-state index contributed by atoms with van der Waals surface area (Å²) in [7, 11) is 0. The molecule has 5 nitrogen and oxygen atoms in total. The smallest absolute Gasteiger partial charge is 0.309 e. The largest absolute Gasteiger partial charge is 0.361 e. The van der Waals surface area contributed by atoms with E-state index in [2.05, 4.69) is 39.9 Å². The molecule has 29 heavy (non-hydrogen) atoms. The van der Waals surface area contributed by atoms with Crippen molar-refractivity contribution >= 4 is 22.7 Å². The lowest BCUT2D eigenvalue weighted by atomic mass is 9.89. The van der Waals surface area contributed by atoms with E-state index in [-0.39, 0.29) is 6.04 Å². The normalized spacial score (nSPS) is 14.2. The van der Waals surface area contributed by atoms with Gasteiger partial charge in [-0.15, -0.1) is 0 Å². The van der Waals surface area contributed by atoms with E-state index < -0.39 is 11.8 Å². The molecule has 0 saturated heterocycles. The standard InChI is InChI=1S/C24H27N3O2/c1-16(18-11-10-17-6-2-3-7-19(17)14-18)27-24(29)23(28)25-13-12-20-15-26-22-9-5-4-8-21(20)22/h4-5,8-11,14-16,26H,2-3,6-7,12-13H2,1H3,(H,25,28)(H,27,29). The number of fused-ring (bicyclic) bond motifs is 2. The topological polar surface area (TPSA) is 74.0 Å². The van der Waals surface area contributed by atoms with Gasteiger partial charge < -0.3 is 15.6 Å². The molecule has 0 aliphatic heterocycles. The molecule has 0 saturated carbocycles. The molecule has 1 heterocycles. The van der Waals surface area contributed by atoms with Crippen LogP contribution in [-0.4, -0.2) is 23.3 Å². The number of H-pyrrole nitrogens is 1. The molecule has 0 bridgehead atoms. The monoisotopic (exact) mass is 389 g/mol. The van der Waals surface area contributed by atoms with E-state index in [1.54, 1.807) is 0 Å². The Morgan fingerprint density at radius 1 is 1.03 bits per heavy atom. The number of aryl methyl sites for hydroxylation is 2. The van der Waals surface area contributed by atoms with Crippen LogP contribution in [0.15, 0.2) is 48.7 Å². The van der Waals surface area contributed by atoms with Gasteiger partial charge in [-0.2, -0.15) is 0 Å². The molecule has 2 amide bonds. The van der Waals surface area contributed by atoms with Crippen molar-refractivity contribution in [2.45, 2.75) is 45.1 Å². The average molecular weight is 389 g/mol. The molecule has 0 spiro atoms. The van der Waals surface area contributed by atoms with Gasteiger partial charge in [-0.1, -0.05) is 36.4 Å². The third-order valence-electron chi connectivity index (χ3n) is 5.78. The van der Waals surface area contributed by atoms with Crippen LogP contribution >= 0.6 is 0 Å². The van der Waals surface area contributed by atoms with Crippen molar-refractivity contribution < 1.29 is 9.59 Å². The van der Waals surface area contributed by atoms with E-state index >= 15 is 0 Å². The molecule has 1 aliphatic carbocycles. The zero-order chi connectivity index (χ0) is 20.2. The van der Waals surface area contributed by atoms with E-state index in [9.17, 15) is 9.59 Å². The molecule has 1 atom stereocenters. The van der Waals surface area contributed by atoms with Gasteiger partial charge in [0.2, 0.25) is 0 Å². The lowest BCUT2D eigenvalue weighted by molar-refractivity contribution is -0.139. The number of hydrogen-bond donors (Lipinski definition) is 3. The fourth-order valence-electron chi connectivity index (χ4n) is 4.10. The average Bonchev–Trinajstić information content (AvgIpc) is 3.16. The molecule has 2 aromatic carbocycles. The first-order valence-corrected chi connectivity index (χ1v) is 10.4. The fourth-order valence-corrected chi connectivity index (χ4v) is 4.10. The predicted octanol–water partition coefficient (Wildman–Crippen LogP) is 3.58. The van der Waals surface area contributed by atoms with Crippen molar-refractivity contribution in [3.05, 3.63) is 70.9 Å². The summed E-state index contributed by atoms with van der Waals surface area (Å²) in [5, 5.41) is 6.69. The minimum atomic E-state index is -0.589. The number of para-hydroxylation sites is 1. The Labute approximate surface area is 170 Å². The molecule has 0 radical (unpaired) electrons. The van der Waals surface area contributed by atoms with E-state index in [1.165, 1.54) is 24.0 Å². The predicted molar refractivity (Wildman–Crippen MR) is 115 cm³/mol. The van der Waals surface area contributed by atoms with Gasteiger partial charge in [0.25, 0.3) is 0 Å². The fraction of sp³-hybridized carbons (Fsp3) is 0.333. The van der Waals surface area contributed by atoms with Crippen molar-refractivity contribution in [2.75, 3.05) is 6.54 Å². The maximum absolute atomic E-state index is 12.3. The summed E-state index contributed by atoms with van der Waals surface area (Å²) in [5.41, 5.74) is 6.03. The third kappa shape index (κ3) is 4.34. The van der Waals surface area contributed by atoms with Crippen molar-refractivity contribution in [1.29, 1.82) is 0 Å². The molecular weight excluding hydrogens is 362 g/mol. The van der Waals surface area contributed by atoms with Gasteiger partial charge in [0, 0.05) is 23.6 Å².